The highest BCUT2D eigenvalue weighted by Crippen LogP contribution is 2.20. The molecule has 7 nitrogen and oxygen atoms in total. The number of amides is 3. The van der Waals surface area contributed by atoms with E-state index in [1.807, 2.05) is 37.3 Å². The van der Waals surface area contributed by atoms with Crippen molar-refractivity contribution >= 4 is 17.6 Å². The molecule has 0 unspecified atom stereocenters. The summed E-state index contributed by atoms with van der Waals surface area (Å²) in [4.78, 5) is 34.0. The van der Waals surface area contributed by atoms with Gasteiger partial charge in [0.2, 0.25) is 5.91 Å². The second-order valence-electron chi connectivity index (χ2n) is 6.22. The van der Waals surface area contributed by atoms with Crippen molar-refractivity contribution in [3.63, 3.8) is 0 Å². The number of urea groups is 1. The quantitative estimate of drug-likeness (QED) is 0.895. The third-order valence-corrected chi connectivity index (χ3v) is 4.30. The van der Waals surface area contributed by atoms with Crippen molar-refractivity contribution in [2.75, 3.05) is 18.4 Å². The summed E-state index contributed by atoms with van der Waals surface area (Å²) >= 11 is 0. The number of nitrogens with two attached hydrogens (primary N) is 1. The van der Waals surface area contributed by atoms with E-state index in [4.69, 9.17) is 5.73 Å². The van der Waals surface area contributed by atoms with E-state index in [1.54, 1.807) is 11.1 Å². The summed E-state index contributed by atoms with van der Waals surface area (Å²) in [6.07, 6.45) is 3.24. The minimum Gasteiger partial charge on any atom is -0.369 e. The largest absolute Gasteiger partial charge is 0.369 e. The topological polar surface area (TPSA) is 101 Å². The van der Waals surface area contributed by atoms with Gasteiger partial charge in [-0.15, -0.1) is 0 Å². The average molecular weight is 339 g/mol. The zero-order valence-corrected chi connectivity index (χ0v) is 14.1. The van der Waals surface area contributed by atoms with Crippen LogP contribution in [0, 0.1) is 12.8 Å². The van der Waals surface area contributed by atoms with Crippen LogP contribution in [0.3, 0.4) is 0 Å². The predicted octanol–water partition coefficient (Wildman–Crippen LogP) is 2.18. The molecule has 0 aliphatic carbocycles. The van der Waals surface area contributed by atoms with Crippen LogP contribution in [0.4, 0.5) is 10.5 Å². The van der Waals surface area contributed by atoms with Crippen molar-refractivity contribution in [2.24, 2.45) is 11.7 Å². The van der Waals surface area contributed by atoms with E-state index in [0.717, 1.165) is 24.1 Å². The van der Waals surface area contributed by atoms with Crippen LogP contribution in [0.5, 0.6) is 0 Å². The van der Waals surface area contributed by atoms with E-state index >= 15 is 0 Å². The average Bonchev–Trinajstić information content (AvgIpc) is 2.62. The Morgan fingerprint density at radius 1 is 1.24 bits per heavy atom. The number of primary amides is 1. The van der Waals surface area contributed by atoms with Gasteiger partial charge in [-0.25, -0.2) is 14.8 Å². The van der Waals surface area contributed by atoms with Crippen LogP contribution in [0.15, 0.2) is 36.5 Å². The molecule has 0 spiro atoms. The minimum absolute atomic E-state index is 0.217. The van der Waals surface area contributed by atoms with Gasteiger partial charge in [-0.3, -0.25) is 4.79 Å². The molecule has 0 radical (unpaired) electrons. The number of benzene rings is 1. The number of anilines is 1. The van der Waals surface area contributed by atoms with E-state index in [0.29, 0.717) is 24.6 Å². The van der Waals surface area contributed by atoms with Gasteiger partial charge in [0.05, 0.1) is 5.92 Å². The number of hydrogen-bond donors (Lipinski definition) is 2. The lowest BCUT2D eigenvalue weighted by Crippen LogP contribution is -2.45. The highest BCUT2D eigenvalue weighted by molar-refractivity contribution is 5.90. The third kappa shape index (κ3) is 4.12. The molecule has 1 atom stereocenters. The van der Waals surface area contributed by atoms with Crippen molar-refractivity contribution in [3.8, 4) is 11.4 Å². The number of nitrogens with one attached hydrogen (secondary N) is 1. The molecule has 2 aromatic rings. The molecule has 7 heteroatoms. The molecule has 3 N–H and O–H groups in total. The Balaban J connectivity index is 1.65. The summed E-state index contributed by atoms with van der Waals surface area (Å²) in [7, 11) is 0. The molecular weight excluding hydrogens is 318 g/mol. The molecule has 1 aliphatic heterocycles. The molecule has 2 heterocycles. The van der Waals surface area contributed by atoms with Gasteiger partial charge in [-0.05, 0) is 50.1 Å². The summed E-state index contributed by atoms with van der Waals surface area (Å²) in [5.74, 6) is 0.0403. The molecule has 0 saturated carbocycles. The molecular formula is C18H21N5O2. The van der Waals surface area contributed by atoms with Crippen molar-refractivity contribution in [1.82, 2.24) is 14.9 Å². The van der Waals surface area contributed by atoms with Crippen LogP contribution in [0.25, 0.3) is 11.4 Å². The maximum Gasteiger partial charge on any atom is 0.321 e. The van der Waals surface area contributed by atoms with E-state index in [9.17, 15) is 9.59 Å². The zero-order valence-electron chi connectivity index (χ0n) is 14.1. The van der Waals surface area contributed by atoms with Crippen LogP contribution in [0.2, 0.25) is 0 Å². The molecule has 130 valence electrons. The lowest BCUT2D eigenvalue weighted by Gasteiger charge is -2.31. The van der Waals surface area contributed by atoms with Gasteiger partial charge in [0, 0.05) is 36.2 Å². The second kappa shape index (κ2) is 7.29. The Morgan fingerprint density at radius 3 is 2.68 bits per heavy atom. The SMILES string of the molecule is Cc1ccnc(-c2ccc(NC(=O)N3CCC[C@H](C(N)=O)C3)cc2)n1. The summed E-state index contributed by atoms with van der Waals surface area (Å²) in [5, 5.41) is 2.86. The number of aryl methyl sites for hydroxylation is 1. The summed E-state index contributed by atoms with van der Waals surface area (Å²) < 4.78 is 0. The molecule has 3 amide bonds. The lowest BCUT2D eigenvalue weighted by molar-refractivity contribution is -0.123. The number of rotatable bonds is 3. The smallest absolute Gasteiger partial charge is 0.321 e. The first-order valence-electron chi connectivity index (χ1n) is 8.28. The van der Waals surface area contributed by atoms with Crippen LogP contribution in [0.1, 0.15) is 18.5 Å². The van der Waals surface area contributed by atoms with Gasteiger partial charge in [0.1, 0.15) is 0 Å². The first kappa shape index (κ1) is 16.9. The van der Waals surface area contributed by atoms with E-state index < -0.39 is 0 Å². The van der Waals surface area contributed by atoms with Crippen molar-refractivity contribution in [1.29, 1.82) is 0 Å². The Bertz CT molecular complexity index is 775. The number of hydrogen-bond acceptors (Lipinski definition) is 4. The van der Waals surface area contributed by atoms with E-state index in [2.05, 4.69) is 15.3 Å². The predicted molar refractivity (Wildman–Crippen MR) is 94.7 cm³/mol. The molecule has 1 aromatic carbocycles. The maximum atomic E-state index is 12.4. The monoisotopic (exact) mass is 339 g/mol. The highest BCUT2D eigenvalue weighted by atomic mass is 16.2. The number of likely N-dealkylation sites (tertiary alicyclic amines) is 1. The number of piperidine rings is 1. The van der Waals surface area contributed by atoms with Crippen LogP contribution in [-0.2, 0) is 4.79 Å². The molecule has 1 saturated heterocycles. The molecule has 1 fully saturated rings. The fourth-order valence-electron chi connectivity index (χ4n) is 2.89. The van der Waals surface area contributed by atoms with E-state index in [-0.39, 0.29) is 17.9 Å². The Hall–Kier alpha value is -2.96. The first-order valence-corrected chi connectivity index (χ1v) is 8.28. The number of carbonyl (C=O) groups is 2. The fraction of sp³-hybridized carbons (Fsp3) is 0.333. The van der Waals surface area contributed by atoms with Gasteiger partial charge < -0.3 is 16.0 Å². The number of carbonyl (C=O) groups excluding carboxylic acids is 2. The van der Waals surface area contributed by atoms with Crippen molar-refractivity contribution in [2.45, 2.75) is 19.8 Å². The molecule has 25 heavy (non-hydrogen) atoms. The molecule has 1 aromatic heterocycles. The second-order valence-corrected chi connectivity index (χ2v) is 6.22. The van der Waals surface area contributed by atoms with Crippen LogP contribution < -0.4 is 11.1 Å². The number of aromatic nitrogens is 2. The highest BCUT2D eigenvalue weighted by Gasteiger charge is 2.26. The van der Waals surface area contributed by atoms with Gasteiger partial charge in [-0.1, -0.05) is 0 Å². The molecule has 3 rings (SSSR count). The van der Waals surface area contributed by atoms with Crippen LogP contribution >= 0.6 is 0 Å². The third-order valence-electron chi connectivity index (χ3n) is 4.30. The normalized spacial score (nSPS) is 17.2. The lowest BCUT2D eigenvalue weighted by atomic mass is 9.98. The first-order chi connectivity index (χ1) is 12.0. The van der Waals surface area contributed by atoms with Gasteiger partial charge in [-0.2, -0.15) is 0 Å². The molecule has 1 aliphatic rings. The van der Waals surface area contributed by atoms with Crippen molar-refractivity contribution in [3.05, 3.63) is 42.2 Å². The van der Waals surface area contributed by atoms with E-state index in [1.165, 1.54) is 0 Å². The van der Waals surface area contributed by atoms with Gasteiger partial charge in [0.25, 0.3) is 0 Å². The summed E-state index contributed by atoms with van der Waals surface area (Å²) in [6.45, 7) is 2.92. The number of nitrogens with zero attached hydrogens (tertiary/aromatic N) is 3. The summed E-state index contributed by atoms with van der Waals surface area (Å²) in [6, 6.07) is 8.99. The van der Waals surface area contributed by atoms with Gasteiger partial charge in [0.15, 0.2) is 5.82 Å². The molecule has 0 bridgehead atoms. The standard InChI is InChI=1S/C18H21N5O2/c1-12-8-9-20-17(21-12)13-4-6-15(7-5-13)22-18(25)23-10-2-3-14(11-23)16(19)24/h4-9,14H,2-3,10-11H2,1H3,(H2,19,24)(H,22,25)/t14-/m0/s1. The van der Waals surface area contributed by atoms with Gasteiger partial charge >= 0.3 is 6.03 Å². The Kier molecular flexibility index (Phi) is 4.92. The fourth-order valence-corrected chi connectivity index (χ4v) is 2.89. The van der Waals surface area contributed by atoms with Crippen LogP contribution in [-0.4, -0.2) is 39.9 Å². The zero-order chi connectivity index (χ0) is 17.8. The maximum absolute atomic E-state index is 12.4. The summed E-state index contributed by atoms with van der Waals surface area (Å²) in [5.41, 5.74) is 7.82. The minimum atomic E-state index is -0.347. The Labute approximate surface area is 146 Å². The Morgan fingerprint density at radius 2 is 2.00 bits per heavy atom. The van der Waals surface area contributed by atoms with Crippen molar-refractivity contribution < 1.29 is 9.59 Å².